The predicted molar refractivity (Wildman–Crippen MR) is 141 cm³/mol. The monoisotopic (exact) mass is 490 g/mol. The van der Waals surface area contributed by atoms with Crippen molar-refractivity contribution in [1.82, 2.24) is 15.3 Å². The van der Waals surface area contributed by atoms with Crippen LogP contribution in [0.2, 0.25) is 0 Å². The molecule has 8 nitrogen and oxygen atoms in total. The second-order valence-electron chi connectivity index (χ2n) is 8.71. The van der Waals surface area contributed by atoms with E-state index in [-0.39, 0.29) is 12.3 Å². The zero-order valence-electron chi connectivity index (χ0n) is 21.8. The van der Waals surface area contributed by atoms with Crippen LogP contribution in [-0.4, -0.2) is 43.4 Å². The Kier molecular flexibility index (Phi) is 8.89. The molecule has 0 aliphatic rings. The number of methoxy groups -OCH3 is 2. The van der Waals surface area contributed by atoms with Gasteiger partial charge in [0, 0.05) is 29.2 Å². The Morgan fingerprint density at radius 3 is 2.42 bits per heavy atom. The molecule has 0 aliphatic heterocycles. The van der Waals surface area contributed by atoms with E-state index in [1.54, 1.807) is 20.4 Å². The molecule has 8 heteroatoms. The van der Waals surface area contributed by atoms with E-state index >= 15 is 0 Å². The summed E-state index contributed by atoms with van der Waals surface area (Å²) in [5, 5.41) is 6.82. The number of aryl methyl sites for hydroxylation is 3. The molecule has 0 unspecified atom stereocenters. The van der Waals surface area contributed by atoms with Crippen LogP contribution in [0.5, 0.6) is 11.5 Å². The third-order valence-electron chi connectivity index (χ3n) is 5.97. The highest BCUT2D eigenvalue weighted by Gasteiger charge is 2.12. The Labute approximate surface area is 212 Å². The number of benzene rings is 2. The molecule has 3 rings (SSSR count). The largest absolute Gasteiger partial charge is 0.493 e. The molecule has 0 saturated heterocycles. The van der Waals surface area contributed by atoms with E-state index in [4.69, 9.17) is 9.47 Å². The molecule has 190 valence electrons. The predicted octanol–water partition coefficient (Wildman–Crippen LogP) is 3.93. The molecule has 0 bridgehead atoms. The van der Waals surface area contributed by atoms with Gasteiger partial charge in [0.05, 0.1) is 20.4 Å². The summed E-state index contributed by atoms with van der Waals surface area (Å²) in [6.45, 7) is 8.61. The summed E-state index contributed by atoms with van der Waals surface area (Å²) in [7, 11) is 3.16. The molecule has 0 atom stereocenters. The Morgan fingerprint density at radius 2 is 1.69 bits per heavy atom. The maximum absolute atomic E-state index is 12.2. The van der Waals surface area contributed by atoms with E-state index in [0.29, 0.717) is 24.5 Å². The van der Waals surface area contributed by atoms with Gasteiger partial charge in [-0.25, -0.2) is 5.43 Å². The fraction of sp³-hybridized carbons (Fsp3) is 0.321. The van der Waals surface area contributed by atoms with E-state index < -0.39 is 5.91 Å². The average molecular weight is 491 g/mol. The summed E-state index contributed by atoms with van der Waals surface area (Å²) in [5.41, 5.74) is 9.91. The van der Waals surface area contributed by atoms with Crippen LogP contribution in [0.15, 0.2) is 47.6 Å². The fourth-order valence-electron chi connectivity index (χ4n) is 4.05. The van der Waals surface area contributed by atoms with E-state index in [9.17, 15) is 9.59 Å². The molecule has 1 aromatic heterocycles. The molecule has 0 saturated carbocycles. The maximum Gasteiger partial charge on any atom is 0.249 e. The van der Waals surface area contributed by atoms with E-state index in [1.807, 2.05) is 38.1 Å². The van der Waals surface area contributed by atoms with Crippen LogP contribution in [0, 0.1) is 27.7 Å². The lowest BCUT2D eigenvalue weighted by atomic mass is 10.1. The van der Waals surface area contributed by atoms with Crippen molar-refractivity contribution in [2.45, 2.75) is 40.5 Å². The highest BCUT2D eigenvalue weighted by Crippen LogP contribution is 2.27. The van der Waals surface area contributed by atoms with Crippen LogP contribution in [0.3, 0.4) is 0 Å². The van der Waals surface area contributed by atoms with E-state index in [0.717, 1.165) is 28.2 Å². The molecule has 2 amide bonds. The molecule has 1 heterocycles. The van der Waals surface area contributed by atoms with Crippen LogP contribution >= 0.6 is 0 Å². The van der Waals surface area contributed by atoms with Gasteiger partial charge in [0.15, 0.2) is 11.5 Å². The van der Waals surface area contributed by atoms with Gasteiger partial charge in [-0.3, -0.25) is 9.59 Å². The SMILES string of the molecule is COc1ccc(CCNC(=O)CC(=O)N/N=C/c2cc(C)n(-c3cc(C)ccc3C)c2C)cc1OC. The van der Waals surface area contributed by atoms with Gasteiger partial charge in [0.1, 0.15) is 6.42 Å². The Balaban J connectivity index is 1.51. The third kappa shape index (κ3) is 6.53. The van der Waals surface area contributed by atoms with Crippen LogP contribution in [0.4, 0.5) is 0 Å². The minimum absolute atomic E-state index is 0.301. The van der Waals surface area contributed by atoms with Crippen molar-refractivity contribution >= 4 is 18.0 Å². The number of aromatic nitrogens is 1. The van der Waals surface area contributed by atoms with Crippen LogP contribution < -0.4 is 20.2 Å². The summed E-state index contributed by atoms with van der Waals surface area (Å²) in [4.78, 5) is 24.3. The molecular formula is C28H34N4O4. The lowest BCUT2D eigenvalue weighted by Crippen LogP contribution is -2.31. The van der Waals surface area contributed by atoms with Crippen molar-refractivity contribution in [2.24, 2.45) is 5.10 Å². The molecule has 2 N–H and O–H groups in total. The Hall–Kier alpha value is -4.07. The lowest BCUT2D eigenvalue weighted by molar-refractivity contribution is -0.129. The number of hydrogen-bond donors (Lipinski definition) is 2. The van der Waals surface area contributed by atoms with Crippen LogP contribution in [0.1, 0.15) is 40.1 Å². The number of hydrazone groups is 1. The first-order valence-electron chi connectivity index (χ1n) is 11.8. The van der Waals surface area contributed by atoms with Gasteiger partial charge in [0.2, 0.25) is 11.8 Å². The summed E-state index contributed by atoms with van der Waals surface area (Å²) in [6, 6.07) is 14.0. The first-order chi connectivity index (χ1) is 17.2. The van der Waals surface area contributed by atoms with Crippen LogP contribution in [-0.2, 0) is 16.0 Å². The minimum Gasteiger partial charge on any atom is -0.493 e. The molecule has 0 spiro atoms. The zero-order chi connectivity index (χ0) is 26.2. The highest BCUT2D eigenvalue weighted by atomic mass is 16.5. The van der Waals surface area contributed by atoms with Crippen molar-refractivity contribution in [3.8, 4) is 17.2 Å². The van der Waals surface area contributed by atoms with Gasteiger partial charge in [-0.05, 0) is 75.1 Å². The van der Waals surface area contributed by atoms with Gasteiger partial charge in [0.25, 0.3) is 0 Å². The normalized spacial score (nSPS) is 10.9. The quantitative estimate of drug-likeness (QED) is 0.256. The highest BCUT2D eigenvalue weighted by molar-refractivity contribution is 5.97. The minimum atomic E-state index is -0.474. The molecule has 0 radical (unpaired) electrons. The molecule has 0 aliphatic carbocycles. The first-order valence-corrected chi connectivity index (χ1v) is 11.8. The standard InChI is InChI=1S/C28H34N4O4/c1-18-7-8-19(2)24(13-18)32-20(3)14-23(21(32)4)17-30-31-28(34)16-27(33)29-12-11-22-9-10-25(35-5)26(15-22)36-6/h7-10,13-15,17H,11-12,16H2,1-6H3,(H,29,33)(H,31,34)/b30-17+. The number of ether oxygens (including phenoxy) is 2. The van der Waals surface area contributed by atoms with Crippen molar-refractivity contribution in [2.75, 3.05) is 20.8 Å². The number of rotatable bonds is 10. The number of hydrogen-bond acceptors (Lipinski definition) is 5. The van der Waals surface area contributed by atoms with Crippen molar-refractivity contribution in [3.63, 3.8) is 0 Å². The van der Waals surface area contributed by atoms with Crippen molar-refractivity contribution < 1.29 is 19.1 Å². The van der Waals surface area contributed by atoms with Gasteiger partial charge >= 0.3 is 0 Å². The van der Waals surface area contributed by atoms with Crippen LogP contribution in [0.25, 0.3) is 5.69 Å². The van der Waals surface area contributed by atoms with Crippen molar-refractivity contribution in [3.05, 3.63) is 76.1 Å². The van der Waals surface area contributed by atoms with Gasteiger partial charge in [-0.15, -0.1) is 0 Å². The summed E-state index contributed by atoms with van der Waals surface area (Å²) >= 11 is 0. The second-order valence-corrected chi connectivity index (χ2v) is 8.71. The maximum atomic E-state index is 12.2. The number of nitrogens with zero attached hydrogens (tertiary/aromatic N) is 2. The summed E-state index contributed by atoms with van der Waals surface area (Å²) in [6.07, 6.45) is 1.91. The van der Waals surface area contributed by atoms with Crippen molar-refractivity contribution in [1.29, 1.82) is 0 Å². The lowest BCUT2D eigenvalue weighted by Gasteiger charge is -2.13. The smallest absolute Gasteiger partial charge is 0.249 e. The average Bonchev–Trinajstić information content (AvgIpc) is 3.13. The molecule has 2 aromatic carbocycles. The molecule has 0 fully saturated rings. The second kappa shape index (κ2) is 12.1. The first kappa shape index (κ1) is 26.5. The Bertz CT molecular complexity index is 1280. The van der Waals surface area contributed by atoms with E-state index in [1.165, 1.54) is 11.1 Å². The Morgan fingerprint density at radius 1 is 0.944 bits per heavy atom. The number of nitrogens with one attached hydrogen (secondary N) is 2. The number of amides is 2. The summed E-state index contributed by atoms with van der Waals surface area (Å²) in [5.74, 6) is 0.442. The third-order valence-corrected chi connectivity index (χ3v) is 5.97. The molecule has 36 heavy (non-hydrogen) atoms. The number of carbonyl (C=O) groups is 2. The molecular weight excluding hydrogens is 456 g/mol. The number of carbonyl (C=O) groups excluding carboxylic acids is 2. The summed E-state index contributed by atoms with van der Waals surface area (Å²) < 4.78 is 12.7. The molecule has 3 aromatic rings. The van der Waals surface area contributed by atoms with Gasteiger partial charge < -0.3 is 19.4 Å². The van der Waals surface area contributed by atoms with E-state index in [2.05, 4.69) is 52.5 Å². The van der Waals surface area contributed by atoms with Gasteiger partial charge in [-0.2, -0.15) is 5.10 Å². The fourth-order valence-corrected chi connectivity index (χ4v) is 4.05. The van der Waals surface area contributed by atoms with Gasteiger partial charge in [-0.1, -0.05) is 18.2 Å². The topological polar surface area (TPSA) is 94.0 Å². The zero-order valence-corrected chi connectivity index (χ0v) is 21.8.